The normalized spacial score (nSPS) is 11.6. The third kappa shape index (κ3) is 4.13. The second-order valence-corrected chi connectivity index (χ2v) is 11.4. The van der Waals surface area contributed by atoms with Crippen LogP contribution in [-0.4, -0.2) is 14.5 Å². The molecule has 0 atom stereocenters. The van der Waals surface area contributed by atoms with Crippen molar-refractivity contribution in [1.29, 1.82) is 0 Å². The van der Waals surface area contributed by atoms with Gasteiger partial charge in [0.25, 0.3) is 0 Å². The fourth-order valence-corrected chi connectivity index (χ4v) is 6.74. The number of rotatable bonds is 4. The van der Waals surface area contributed by atoms with E-state index in [-0.39, 0.29) is 0 Å². The lowest BCUT2D eigenvalue weighted by molar-refractivity contribution is 1.01. The molecule has 0 N–H and O–H groups in total. The number of para-hydroxylation sites is 1. The molecule has 3 nitrogen and oxygen atoms in total. The van der Waals surface area contributed by atoms with Gasteiger partial charge in [-0.1, -0.05) is 140 Å². The lowest BCUT2D eigenvalue weighted by atomic mass is 9.94. The molecule has 2 aromatic heterocycles. The SMILES string of the molecule is c1ccc(-c2ccc3c(c2)c2c4ccccc4c(-c4ccccc4)cc2n3-c2nc(-c3ccccc3)c3ccccc3n2)cc1. The Morgan fingerprint density at radius 2 is 0.978 bits per heavy atom. The Balaban J connectivity index is 1.45. The van der Waals surface area contributed by atoms with Gasteiger partial charge in [-0.15, -0.1) is 0 Å². The summed E-state index contributed by atoms with van der Waals surface area (Å²) in [5, 5.41) is 5.86. The highest BCUT2D eigenvalue weighted by Gasteiger charge is 2.21. The summed E-state index contributed by atoms with van der Waals surface area (Å²) in [6.07, 6.45) is 0. The van der Waals surface area contributed by atoms with Crippen LogP contribution in [0, 0.1) is 0 Å². The molecule has 0 aliphatic carbocycles. The van der Waals surface area contributed by atoms with Crippen LogP contribution in [0.25, 0.3) is 82.9 Å². The van der Waals surface area contributed by atoms with Crippen molar-refractivity contribution in [3.8, 4) is 39.5 Å². The highest BCUT2D eigenvalue weighted by molar-refractivity contribution is 6.24. The van der Waals surface area contributed by atoms with Crippen LogP contribution in [0.15, 0.2) is 164 Å². The van der Waals surface area contributed by atoms with Gasteiger partial charge in [-0.05, 0) is 57.3 Å². The minimum atomic E-state index is 0.661. The quantitative estimate of drug-likeness (QED) is 0.210. The van der Waals surface area contributed by atoms with Crippen molar-refractivity contribution < 1.29 is 0 Å². The molecule has 0 saturated heterocycles. The van der Waals surface area contributed by atoms with E-state index in [0.29, 0.717) is 5.95 Å². The van der Waals surface area contributed by atoms with Gasteiger partial charge < -0.3 is 0 Å². The van der Waals surface area contributed by atoms with Crippen LogP contribution >= 0.6 is 0 Å². The molecule has 9 rings (SSSR count). The summed E-state index contributed by atoms with van der Waals surface area (Å²) in [4.78, 5) is 10.5. The first-order valence-corrected chi connectivity index (χ1v) is 15.3. The Morgan fingerprint density at radius 3 is 1.71 bits per heavy atom. The van der Waals surface area contributed by atoms with Gasteiger partial charge in [0.15, 0.2) is 0 Å². The van der Waals surface area contributed by atoms with Gasteiger partial charge in [0.2, 0.25) is 5.95 Å². The van der Waals surface area contributed by atoms with E-state index >= 15 is 0 Å². The molecular formula is C42H27N3. The number of hydrogen-bond donors (Lipinski definition) is 0. The average molecular weight is 574 g/mol. The molecule has 45 heavy (non-hydrogen) atoms. The van der Waals surface area contributed by atoms with Crippen molar-refractivity contribution in [3.05, 3.63) is 164 Å². The molecule has 0 amide bonds. The van der Waals surface area contributed by atoms with Gasteiger partial charge in [-0.25, -0.2) is 9.97 Å². The van der Waals surface area contributed by atoms with E-state index < -0.39 is 0 Å². The molecule has 0 fully saturated rings. The second kappa shape index (κ2) is 10.3. The Kier molecular flexibility index (Phi) is 5.82. The van der Waals surface area contributed by atoms with Gasteiger partial charge in [0.05, 0.1) is 22.2 Å². The number of nitrogens with zero attached hydrogens (tertiary/aromatic N) is 3. The smallest absolute Gasteiger partial charge is 0.235 e. The minimum absolute atomic E-state index is 0.661. The van der Waals surface area contributed by atoms with Crippen LogP contribution in [-0.2, 0) is 0 Å². The first-order valence-electron chi connectivity index (χ1n) is 15.3. The monoisotopic (exact) mass is 573 g/mol. The Morgan fingerprint density at radius 1 is 0.378 bits per heavy atom. The first kappa shape index (κ1) is 25.4. The highest BCUT2D eigenvalue weighted by atomic mass is 15.2. The third-order valence-electron chi connectivity index (χ3n) is 8.80. The van der Waals surface area contributed by atoms with Gasteiger partial charge in [-0.2, -0.15) is 0 Å². The van der Waals surface area contributed by atoms with Crippen molar-refractivity contribution in [2.45, 2.75) is 0 Å². The molecular weight excluding hydrogens is 546 g/mol. The topological polar surface area (TPSA) is 30.7 Å². The van der Waals surface area contributed by atoms with Crippen LogP contribution in [0.4, 0.5) is 0 Å². The van der Waals surface area contributed by atoms with Gasteiger partial charge in [0, 0.05) is 21.7 Å². The van der Waals surface area contributed by atoms with Crippen molar-refractivity contribution in [3.63, 3.8) is 0 Å². The molecule has 2 heterocycles. The molecule has 7 aromatic carbocycles. The zero-order chi connectivity index (χ0) is 29.7. The van der Waals surface area contributed by atoms with Crippen LogP contribution in [0.5, 0.6) is 0 Å². The largest absolute Gasteiger partial charge is 0.278 e. The molecule has 0 saturated carbocycles. The molecule has 0 unspecified atom stereocenters. The van der Waals surface area contributed by atoms with E-state index in [2.05, 4.69) is 156 Å². The van der Waals surface area contributed by atoms with E-state index in [1.165, 1.54) is 43.8 Å². The predicted octanol–water partition coefficient (Wildman–Crippen LogP) is 10.9. The van der Waals surface area contributed by atoms with E-state index in [1.807, 2.05) is 12.1 Å². The lowest BCUT2D eigenvalue weighted by Crippen LogP contribution is -2.03. The minimum Gasteiger partial charge on any atom is -0.278 e. The summed E-state index contributed by atoms with van der Waals surface area (Å²) >= 11 is 0. The van der Waals surface area contributed by atoms with Crippen LogP contribution in [0.2, 0.25) is 0 Å². The second-order valence-electron chi connectivity index (χ2n) is 11.4. The summed E-state index contributed by atoms with van der Waals surface area (Å²) in [6, 6.07) is 57.8. The van der Waals surface area contributed by atoms with Crippen molar-refractivity contribution >= 4 is 43.5 Å². The summed E-state index contributed by atoms with van der Waals surface area (Å²) < 4.78 is 2.26. The number of benzene rings is 7. The molecule has 210 valence electrons. The van der Waals surface area contributed by atoms with Crippen LogP contribution < -0.4 is 0 Å². The molecule has 0 bridgehead atoms. The molecule has 0 radical (unpaired) electrons. The zero-order valence-corrected chi connectivity index (χ0v) is 24.4. The molecule has 0 aliphatic rings. The average Bonchev–Trinajstić information content (AvgIpc) is 3.45. The lowest BCUT2D eigenvalue weighted by Gasteiger charge is -2.13. The number of aromatic nitrogens is 3. The molecule has 3 heteroatoms. The van der Waals surface area contributed by atoms with Crippen molar-refractivity contribution in [2.75, 3.05) is 0 Å². The Hall–Kier alpha value is -6.06. The highest BCUT2D eigenvalue weighted by Crippen LogP contribution is 2.42. The van der Waals surface area contributed by atoms with Crippen molar-refractivity contribution in [1.82, 2.24) is 14.5 Å². The molecule has 0 aliphatic heterocycles. The van der Waals surface area contributed by atoms with E-state index in [0.717, 1.165) is 33.2 Å². The van der Waals surface area contributed by atoms with Crippen LogP contribution in [0.1, 0.15) is 0 Å². The predicted molar refractivity (Wildman–Crippen MR) is 188 cm³/mol. The van der Waals surface area contributed by atoms with Crippen LogP contribution in [0.3, 0.4) is 0 Å². The summed E-state index contributed by atoms with van der Waals surface area (Å²) in [6.45, 7) is 0. The Labute approximate surface area is 260 Å². The third-order valence-corrected chi connectivity index (χ3v) is 8.80. The maximum atomic E-state index is 5.33. The summed E-state index contributed by atoms with van der Waals surface area (Å²) in [7, 11) is 0. The maximum Gasteiger partial charge on any atom is 0.235 e. The van der Waals surface area contributed by atoms with E-state index in [1.54, 1.807) is 0 Å². The van der Waals surface area contributed by atoms with E-state index in [4.69, 9.17) is 9.97 Å². The van der Waals surface area contributed by atoms with E-state index in [9.17, 15) is 0 Å². The van der Waals surface area contributed by atoms with Gasteiger partial charge in [-0.3, -0.25) is 4.57 Å². The first-order chi connectivity index (χ1) is 22.3. The molecule has 9 aromatic rings. The number of hydrogen-bond acceptors (Lipinski definition) is 2. The van der Waals surface area contributed by atoms with Gasteiger partial charge >= 0.3 is 0 Å². The zero-order valence-electron chi connectivity index (χ0n) is 24.4. The number of fused-ring (bicyclic) bond motifs is 6. The summed E-state index contributed by atoms with van der Waals surface area (Å²) in [5.41, 5.74) is 9.83. The van der Waals surface area contributed by atoms with Gasteiger partial charge in [0.1, 0.15) is 0 Å². The fourth-order valence-electron chi connectivity index (χ4n) is 6.74. The van der Waals surface area contributed by atoms with Crippen molar-refractivity contribution in [2.24, 2.45) is 0 Å². The molecule has 0 spiro atoms. The summed E-state index contributed by atoms with van der Waals surface area (Å²) in [5.74, 6) is 0.661. The standard InChI is InChI=1S/C42H27N3/c1-4-14-28(15-5-1)31-24-25-38-36(26-31)40-33-21-11-10-20-32(33)35(29-16-6-2-7-17-29)27-39(40)45(38)42-43-37-23-13-12-22-34(37)41(44-42)30-18-8-3-9-19-30/h1-27H. The maximum absolute atomic E-state index is 5.33. The fraction of sp³-hybridized carbons (Fsp3) is 0. The Bertz CT molecular complexity index is 2510.